The lowest BCUT2D eigenvalue weighted by Gasteiger charge is -2.39. The number of nitrogens with zero attached hydrogens (tertiary/aromatic N) is 2. The summed E-state index contributed by atoms with van der Waals surface area (Å²) in [5.74, 6) is 0.432. The fraction of sp³-hybridized carbons (Fsp3) is 0.929. The highest BCUT2D eigenvalue weighted by Crippen LogP contribution is 2.23. The number of ether oxygens (including phenoxy) is 1. The fourth-order valence-electron chi connectivity index (χ4n) is 2.64. The highest BCUT2D eigenvalue weighted by atomic mass is 16.6. The minimum absolute atomic E-state index is 0.202. The molecule has 0 aliphatic carbocycles. The molecule has 112 valence electrons. The van der Waals surface area contributed by atoms with Crippen molar-refractivity contribution < 1.29 is 9.53 Å². The van der Waals surface area contributed by atoms with Crippen LogP contribution in [0.15, 0.2) is 0 Å². The third kappa shape index (κ3) is 4.99. The number of amides is 1. The van der Waals surface area contributed by atoms with Crippen LogP contribution in [0.1, 0.15) is 33.6 Å². The monoisotopic (exact) mass is 271 g/mol. The molecule has 0 radical (unpaired) electrons. The van der Waals surface area contributed by atoms with E-state index in [1.807, 2.05) is 39.8 Å². The van der Waals surface area contributed by atoms with Crippen molar-refractivity contribution in [1.82, 2.24) is 9.80 Å². The molecule has 0 aromatic heterocycles. The molecule has 1 heterocycles. The first-order valence-electron chi connectivity index (χ1n) is 7.09. The molecule has 2 N–H and O–H groups in total. The molecule has 0 bridgehead atoms. The predicted molar refractivity (Wildman–Crippen MR) is 77.1 cm³/mol. The molecule has 2 atom stereocenters. The zero-order valence-corrected chi connectivity index (χ0v) is 13.0. The standard InChI is InChI=1S/C14H29N3O2/c1-14(2,3)19-13(18)17-8-6-7-11(10-17)12(9-15)16(4)5/h11-12H,6-10,15H2,1-5H3. The van der Waals surface area contributed by atoms with E-state index in [4.69, 9.17) is 10.5 Å². The van der Waals surface area contributed by atoms with Crippen molar-refractivity contribution in [2.75, 3.05) is 33.7 Å². The number of carbonyl (C=O) groups excluding carboxylic acids is 1. The molecule has 1 fully saturated rings. The van der Waals surface area contributed by atoms with Crippen molar-refractivity contribution in [3.05, 3.63) is 0 Å². The van der Waals surface area contributed by atoms with Crippen molar-refractivity contribution in [2.45, 2.75) is 45.3 Å². The maximum atomic E-state index is 12.1. The number of piperidine rings is 1. The number of hydrogen-bond donors (Lipinski definition) is 1. The molecule has 1 saturated heterocycles. The maximum absolute atomic E-state index is 12.1. The number of rotatable bonds is 3. The van der Waals surface area contributed by atoms with E-state index in [-0.39, 0.29) is 6.09 Å². The van der Waals surface area contributed by atoms with Gasteiger partial charge in [-0.15, -0.1) is 0 Å². The number of likely N-dealkylation sites (tertiary alicyclic amines) is 1. The first-order valence-corrected chi connectivity index (χ1v) is 7.09. The highest BCUT2D eigenvalue weighted by molar-refractivity contribution is 5.68. The van der Waals surface area contributed by atoms with Crippen LogP contribution in [0.4, 0.5) is 4.79 Å². The van der Waals surface area contributed by atoms with Gasteiger partial charge < -0.3 is 20.3 Å². The second-order valence-electron chi connectivity index (χ2n) is 6.60. The van der Waals surface area contributed by atoms with E-state index < -0.39 is 5.60 Å². The molecule has 0 aromatic rings. The van der Waals surface area contributed by atoms with E-state index in [9.17, 15) is 4.79 Å². The molecule has 1 aliphatic rings. The number of carbonyl (C=O) groups is 1. The van der Waals surface area contributed by atoms with Crippen LogP contribution in [0, 0.1) is 5.92 Å². The minimum atomic E-state index is -0.432. The second kappa shape index (κ2) is 6.57. The highest BCUT2D eigenvalue weighted by Gasteiger charge is 2.31. The van der Waals surface area contributed by atoms with E-state index in [0.29, 0.717) is 18.5 Å². The summed E-state index contributed by atoms with van der Waals surface area (Å²) < 4.78 is 5.44. The Morgan fingerprint density at radius 1 is 1.47 bits per heavy atom. The maximum Gasteiger partial charge on any atom is 0.410 e. The van der Waals surface area contributed by atoms with Crippen molar-refractivity contribution in [3.8, 4) is 0 Å². The van der Waals surface area contributed by atoms with Crippen LogP contribution in [-0.2, 0) is 4.74 Å². The summed E-state index contributed by atoms with van der Waals surface area (Å²) in [6.07, 6.45) is 1.94. The molecule has 5 heteroatoms. The molecular weight excluding hydrogens is 242 g/mol. The third-order valence-electron chi connectivity index (χ3n) is 3.56. The molecule has 5 nitrogen and oxygen atoms in total. The average molecular weight is 271 g/mol. The summed E-state index contributed by atoms with van der Waals surface area (Å²) in [6, 6.07) is 0.324. The lowest BCUT2D eigenvalue weighted by molar-refractivity contribution is 0.0114. The Kier molecular flexibility index (Phi) is 5.62. The summed E-state index contributed by atoms with van der Waals surface area (Å²) >= 11 is 0. The van der Waals surface area contributed by atoms with E-state index in [1.165, 1.54) is 0 Å². The zero-order valence-electron chi connectivity index (χ0n) is 13.0. The molecule has 19 heavy (non-hydrogen) atoms. The quantitative estimate of drug-likeness (QED) is 0.845. The van der Waals surface area contributed by atoms with Gasteiger partial charge in [-0.1, -0.05) is 0 Å². The van der Waals surface area contributed by atoms with Gasteiger partial charge in [0.05, 0.1) is 0 Å². The topological polar surface area (TPSA) is 58.8 Å². The van der Waals surface area contributed by atoms with Gasteiger partial charge in [0.15, 0.2) is 0 Å². The Balaban J connectivity index is 2.61. The van der Waals surface area contributed by atoms with Gasteiger partial charge in [-0.2, -0.15) is 0 Å². The molecular formula is C14H29N3O2. The van der Waals surface area contributed by atoms with Gasteiger partial charge >= 0.3 is 6.09 Å². The Morgan fingerprint density at radius 3 is 2.58 bits per heavy atom. The normalized spacial score (nSPS) is 22.5. The van der Waals surface area contributed by atoms with Crippen LogP contribution in [0.2, 0.25) is 0 Å². The Hall–Kier alpha value is -0.810. The van der Waals surface area contributed by atoms with E-state index in [1.54, 1.807) is 0 Å². The van der Waals surface area contributed by atoms with E-state index in [2.05, 4.69) is 4.90 Å². The molecule has 0 aromatic carbocycles. The Labute approximate surface area is 117 Å². The largest absolute Gasteiger partial charge is 0.444 e. The van der Waals surface area contributed by atoms with Gasteiger partial charge in [-0.3, -0.25) is 0 Å². The van der Waals surface area contributed by atoms with Crippen molar-refractivity contribution >= 4 is 6.09 Å². The molecule has 0 saturated carbocycles. The minimum Gasteiger partial charge on any atom is -0.444 e. The van der Waals surface area contributed by atoms with Crippen LogP contribution in [0.3, 0.4) is 0 Å². The van der Waals surface area contributed by atoms with Gasteiger partial charge in [0.2, 0.25) is 0 Å². The number of hydrogen-bond acceptors (Lipinski definition) is 4. The Bertz CT molecular complexity index is 300. The average Bonchev–Trinajstić information content (AvgIpc) is 2.27. The zero-order chi connectivity index (χ0) is 14.6. The van der Waals surface area contributed by atoms with E-state index in [0.717, 1.165) is 25.9 Å². The third-order valence-corrected chi connectivity index (χ3v) is 3.56. The van der Waals surface area contributed by atoms with Crippen molar-refractivity contribution in [1.29, 1.82) is 0 Å². The first kappa shape index (κ1) is 16.2. The summed E-state index contributed by atoms with van der Waals surface area (Å²) in [4.78, 5) is 16.1. The lowest BCUT2D eigenvalue weighted by Crippen LogP contribution is -2.50. The van der Waals surface area contributed by atoms with Crippen molar-refractivity contribution in [2.24, 2.45) is 11.7 Å². The SMILES string of the molecule is CN(C)C(CN)C1CCCN(C(=O)OC(C)(C)C)C1. The summed E-state index contributed by atoms with van der Waals surface area (Å²) in [5, 5.41) is 0. The summed E-state index contributed by atoms with van der Waals surface area (Å²) in [6.45, 7) is 7.85. The second-order valence-corrected chi connectivity index (χ2v) is 6.60. The predicted octanol–water partition coefficient (Wildman–Crippen LogP) is 1.52. The lowest BCUT2D eigenvalue weighted by atomic mass is 9.90. The van der Waals surface area contributed by atoms with Gasteiger partial charge in [-0.05, 0) is 53.6 Å². The van der Waals surface area contributed by atoms with Crippen LogP contribution < -0.4 is 5.73 Å². The molecule has 1 aliphatic heterocycles. The molecule has 1 rings (SSSR count). The molecule has 2 unspecified atom stereocenters. The van der Waals surface area contributed by atoms with Gasteiger partial charge in [0.1, 0.15) is 5.60 Å². The van der Waals surface area contributed by atoms with Gasteiger partial charge in [0.25, 0.3) is 0 Å². The molecule has 0 spiro atoms. The first-order chi connectivity index (χ1) is 8.74. The van der Waals surface area contributed by atoms with Crippen LogP contribution in [-0.4, -0.2) is 61.3 Å². The van der Waals surface area contributed by atoms with Gasteiger partial charge in [0, 0.05) is 25.7 Å². The summed E-state index contributed by atoms with van der Waals surface area (Å²) in [7, 11) is 4.09. The summed E-state index contributed by atoms with van der Waals surface area (Å²) in [5.41, 5.74) is 5.42. The van der Waals surface area contributed by atoms with E-state index >= 15 is 0 Å². The fourth-order valence-corrected chi connectivity index (χ4v) is 2.64. The van der Waals surface area contributed by atoms with Crippen LogP contribution >= 0.6 is 0 Å². The smallest absolute Gasteiger partial charge is 0.410 e. The van der Waals surface area contributed by atoms with Crippen LogP contribution in [0.25, 0.3) is 0 Å². The number of likely N-dealkylation sites (N-methyl/N-ethyl adjacent to an activating group) is 1. The molecule has 1 amide bonds. The van der Waals surface area contributed by atoms with Gasteiger partial charge in [-0.25, -0.2) is 4.79 Å². The Morgan fingerprint density at radius 2 is 2.11 bits per heavy atom. The number of nitrogens with two attached hydrogens (primary N) is 1. The van der Waals surface area contributed by atoms with Crippen LogP contribution in [0.5, 0.6) is 0 Å². The van der Waals surface area contributed by atoms with Crippen molar-refractivity contribution in [3.63, 3.8) is 0 Å².